The van der Waals surface area contributed by atoms with Gasteiger partial charge in [-0.2, -0.15) is 0 Å². The van der Waals surface area contributed by atoms with Crippen molar-refractivity contribution in [3.63, 3.8) is 0 Å². The van der Waals surface area contributed by atoms with E-state index in [1.807, 2.05) is 13.0 Å². The van der Waals surface area contributed by atoms with E-state index in [0.29, 0.717) is 28.7 Å². The van der Waals surface area contributed by atoms with Gasteiger partial charge in [-0.1, -0.05) is 53.9 Å². The first-order valence-electron chi connectivity index (χ1n) is 6.13. The zero-order valence-electron chi connectivity index (χ0n) is 10.8. The number of carboxylic acid groups (broad SMARTS) is 1. The van der Waals surface area contributed by atoms with Gasteiger partial charge in [0.05, 0.1) is 22.3 Å². The molecule has 0 atom stereocenters. The third kappa shape index (κ3) is 2.94. The van der Waals surface area contributed by atoms with Gasteiger partial charge in [0.15, 0.2) is 5.69 Å². The second kappa shape index (κ2) is 6.24. The number of hydrogen-bond donors (Lipinski definition) is 1. The molecule has 1 N–H and O–H groups in total. The Labute approximate surface area is 126 Å². The molecule has 20 heavy (non-hydrogen) atoms. The van der Waals surface area contributed by atoms with Gasteiger partial charge in [-0.15, -0.1) is 5.10 Å². The van der Waals surface area contributed by atoms with Crippen molar-refractivity contribution in [3.05, 3.63) is 45.2 Å². The fraction of sp³-hybridized carbons (Fsp3) is 0.308. The SMILES string of the molecule is CCCc1c(C(=O)O)nnn1Cc1cccc(Cl)c1Cl. The molecule has 1 heterocycles. The van der Waals surface area contributed by atoms with E-state index in [-0.39, 0.29) is 5.69 Å². The lowest BCUT2D eigenvalue weighted by molar-refractivity contribution is 0.0689. The molecule has 0 aliphatic carbocycles. The normalized spacial score (nSPS) is 10.8. The van der Waals surface area contributed by atoms with Gasteiger partial charge in [0.1, 0.15) is 0 Å². The number of aromatic nitrogens is 3. The fourth-order valence-electron chi connectivity index (χ4n) is 1.94. The summed E-state index contributed by atoms with van der Waals surface area (Å²) in [6.45, 7) is 2.31. The molecule has 0 aliphatic rings. The van der Waals surface area contributed by atoms with E-state index in [2.05, 4.69) is 10.3 Å². The van der Waals surface area contributed by atoms with Crippen LogP contribution in [-0.2, 0) is 13.0 Å². The van der Waals surface area contributed by atoms with Crippen LogP contribution in [0.4, 0.5) is 0 Å². The predicted octanol–water partition coefficient (Wildman–Crippen LogP) is 3.28. The molecule has 5 nitrogen and oxygen atoms in total. The lowest BCUT2D eigenvalue weighted by atomic mass is 10.2. The molecule has 2 rings (SSSR count). The largest absolute Gasteiger partial charge is 0.476 e. The molecule has 0 bridgehead atoms. The Kier molecular flexibility index (Phi) is 4.62. The van der Waals surface area contributed by atoms with E-state index in [4.69, 9.17) is 28.3 Å². The van der Waals surface area contributed by atoms with Gasteiger partial charge in [-0.25, -0.2) is 9.48 Å². The zero-order chi connectivity index (χ0) is 14.7. The first-order valence-corrected chi connectivity index (χ1v) is 6.88. The highest BCUT2D eigenvalue weighted by Gasteiger charge is 2.19. The van der Waals surface area contributed by atoms with Gasteiger partial charge >= 0.3 is 5.97 Å². The summed E-state index contributed by atoms with van der Waals surface area (Å²) in [6, 6.07) is 5.31. The first kappa shape index (κ1) is 14.8. The maximum absolute atomic E-state index is 11.1. The average molecular weight is 314 g/mol. The van der Waals surface area contributed by atoms with E-state index in [0.717, 1.165) is 12.0 Å². The predicted molar refractivity (Wildman–Crippen MR) is 76.5 cm³/mol. The van der Waals surface area contributed by atoms with Crippen molar-refractivity contribution < 1.29 is 9.90 Å². The van der Waals surface area contributed by atoms with Crippen LogP contribution in [0, 0.1) is 0 Å². The van der Waals surface area contributed by atoms with Crippen molar-refractivity contribution in [2.45, 2.75) is 26.3 Å². The zero-order valence-corrected chi connectivity index (χ0v) is 12.3. The van der Waals surface area contributed by atoms with Crippen molar-refractivity contribution in [1.82, 2.24) is 15.0 Å². The van der Waals surface area contributed by atoms with Gasteiger partial charge in [0, 0.05) is 0 Å². The molecule has 0 spiro atoms. The molecule has 0 radical (unpaired) electrons. The van der Waals surface area contributed by atoms with Crippen molar-refractivity contribution in [2.75, 3.05) is 0 Å². The van der Waals surface area contributed by atoms with E-state index >= 15 is 0 Å². The Balaban J connectivity index is 2.38. The molecule has 2 aromatic rings. The van der Waals surface area contributed by atoms with Crippen LogP contribution in [-0.4, -0.2) is 26.1 Å². The summed E-state index contributed by atoms with van der Waals surface area (Å²) < 4.78 is 1.56. The number of benzene rings is 1. The monoisotopic (exact) mass is 313 g/mol. The third-order valence-corrected chi connectivity index (χ3v) is 3.74. The number of rotatable bonds is 5. The first-order chi connectivity index (χ1) is 9.54. The molecule has 1 aromatic carbocycles. The molecule has 0 amide bonds. The van der Waals surface area contributed by atoms with Gasteiger partial charge in [0.2, 0.25) is 0 Å². The van der Waals surface area contributed by atoms with E-state index in [1.165, 1.54) is 0 Å². The maximum Gasteiger partial charge on any atom is 0.358 e. The smallest absolute Gasteiger partial charge is 0.358 e. The molecule has 0 saturated carbocycles. The van der Waals surface area contributed by atoms with Crippen LogP contribution < -0.4 is 0 Å². The Morgan fingerprint density at radius 1 is 1.40 bits per heavy atom. The Hall–Kier alpha value is -1.59. The van der Waals surface area contributed by atoms with Crippen LogP contribution in [0.15, 0.2) is 18.2 Å². The van der Waals surface area contributed by atoms with Crippen LogP contribution in [0.25, 0.3) is 0 Å². The van der Waals surface area contributed by atoms with Gasteiger partial charge < -0.3 is 5.11 Å². The molecule has 0 aliphatic heterocycles. The summed E-state index contributed by atoms with van der Waals surface area (Å²) >= 11 is 12.1. The summed E-state index contributed by atoms with van der Waals surface area (Å²) in [6.07, 6.45) is 1.39. The minimum absolute atomic E-state index is 0.00926. The Bertz CT molecular complexity index is 641. The van der Waals surface area contributed by atoms with Crippen LogP contribution in [0.3, 0.4) is 0 Å². The molecule has 7 heteroatoms. The van der Waals surface area contributed by atoms with Crippen LogP contribution in [0.1, 0.15) is 35.1 Å². The highest BCUT2D eigenvalue weighted by atomic mass is 35.5. The highest BCUT2D eigenvalue weighted by molar-refractivity contribution is 6.42. The number of carboxylic acids is 1. The standard InChI is InChI=1S/C13H13Cl2N3O2/c1-2-4-10-12(13(19)20)16-17-18(10)7-8-5-3-6-9(14)11(8)15/h3,5-6H,2,4,7H2,1H3,(H,19,20). The second-order valence-electron chi connectivity index (χ2n) is 4.31. The fourth-order valence-corrected chi connectivity index (χ4v) is 2.32. The number of hydrogen-bond acceptors (Lipinski definition) is 3. The van der Waals surface area contributed by atoms with E-state index < -0.39 is 5.97 Å². The number of halogens is 2. The van der Waals surface area contributed by atoms with Crippen molar-refractivity contribution in [2.24, 2.45) is 0 Å². The van der Waals surface area contributed by atoms with Gasteiger partial charge in [-0.05, 0) is 18.1 Å². The topological polar surface area (TPSA) is 68.0 Å². The van der Waals surface area contributed by atoms with E-state index in [1.54, 1.807) is 16.8 Å². The van der Waals surface area contributed by atoms with Gasteiger partial charge in [0.25, 0.3) is 0 Å². The summed E-state index contributed by atoms with van der Waals surface area (Å²) in [4.78, 5) is 11.1. The van der Waals surface area contributed by atoms with Crippen LogP contribution in [0.5, 0.6) is 0 Å². The third-order valence-electron chi connectivity index (χ3n) is 2.88. The van der Waals surface area contributed by atoms with Crippen molar-refractivity contribution in [1.29, 1.82) is 0 Å². The summed E-state index contributed by atoms with van der Waals surface area (Å²) in [5, 5.41) is 17.6. The molecule has 0 unspecified atom stereocenters. The minimum Gasteiger partial charge on any atom is -0.476 e. The maximum atomic E-state index is 11.1. The van der Waals surface area contributed by atoms with Crippen LogP contribution in [0.2, 0.25) is 10.0 Å². The average Bonchev–Trinajstić information content (AvgIpc) is 2.79. The Morgan fingerprint density at radius 3 is 2.80 bits per heavy atom. The second-order valence-corrected chi connectivity index (χ2v) is 5.10. The summed E-state index contributed by atoms with van der Waals surface area (Å²) in [7, 11) is 0. The lowest BCUT2D eigenvalue weighted by Gasteiger charge is -2.08. The molecular weight excluding hydrogens is 301 g/mol. The Morgan fingerprint density at radius 2 is 2.15 bits per heavy atom. The van der Waals surface area contributed by atoms with Crippen molar-refractivity contribution >= 4 is 29.2 Å². The molecule has 0 fully saturated rings. The quantitative estimate of drug-likeness (QED) is 0.919. The number of nitrogens with zero attached hydrogens (tertiary/aromatic N) is 3. The molecule has 0 saturated heterocycles. The minimum atomic E-state index is -1.07. The molecular formula is C13H13Cl2N3O2. The van der Waals surface area contributed by atoms with Crippen molar-refractivity contribution in [3.8, 4) is 0 Å². The van der Waals surface area contributed by atoms with E-state index in [9.17, 15) is 4.79 Å². The summed E-state index contributed by atoms with van der Waals surface area (Å²) in [5.74, 6) is -1.07. The van der Waals surface area contributed by atoms with Crippen LogP contribution >= 0.6 is 23.2 Å². The van der Waals surface area contributed by atoms with Gasteiger partial charge in [-0.3, -0.25) is 0 Å². The number of aromatic carboxylic acids is 1. The lowest BCUT2D eigenvalue weighted by Crippen LogP contribution is -2.09. The molecule has 1 aromatic heterocycles. The number of carbonyl (C=O) groups is 1. The highest BCUT2D eigenvalue weighted by Crippen LogP contribution is 2.26. The molecule has 106 valence electrons. The summed E-state index contributed by atoms with van der Waals surface area (Å²) in [5.41, 5.74) is 1.36.